The Morgan fingerprint density at radius 2 is 1.76 bits per heavy atom. The van der Waals surface area contributed by atoms with Gasteiger partial charge in [-0.05, 0) is 23.6 Å². The van der Waals surface area contributed by atoms with Crippen LogP contribution in [0.1, 0.15) is 15.9 Å². The number of rotatable bonds is 0. The summed E-state index contributed by atoms with van der Waals surface area (Å²) in [5, 5.41) is 11.5. The Morgan fingerprint density at radius 1 is 1.00 bits per heavy atom. The first kappa shape index (κ1) is 9.78. The summed E-state index contributed by atoms with van der Waals surface area (Å²) in [6, 6.07) is 8.85. The molecule has 0 saturated heterocycles. The van der Waals surface area contributed by atoms with E-state index in [1.54, 1.807) is 18.2 Å². The Balaban J connectivity index is 2.45. The lowest BCUT2D eigenvalue weighted by Gasteiger charge is -2.12. The van der Waals surface area contributed by atoms with E-state index in [1.807, 2.05) is 12.1 Å². The molecule has 1 N–H and O–H groups in total. The van der Waals surface area contributed by atoms with E-state index >= 15 is 0 Å². The molecule has 0 aromatic heterocycles. The van der Waals surface area contributed by atoms with Crippen molar-refractivity contribution in [3.63, 3.8) is 0 Å². The number of allylic oxidation sites excluding steroid dienone is 1. The molecule has 3 heteroatoms. The summed E-state index contributed by atoms with van der Waals surface area (Å²) in [5.41, 5.74) is 0.696. The minimum atomic E-state index is -0.566. The maximum Gasteiger partial charge on any atom is 0.233 e. The number of hydrogen-bond donors (Lipinski definition) is 1. The third-order valence-electron chi connectivity index (χ3n) is 2.93. The molecule has 0 fully saturated rings. The molecule has 2 aromatic rings. The molecule has 1 aliphatic carbocycles. The van der Waals surface area contributed by atoms with Crippen molar-refractivity contribution in [2.45, 2.75) is 0 Å². The van der Waals surface area contributed by atoms with Gasteiger partial charge in [0, 0.05) is 16.5 Å². The second-order valence-corrected chi connectivity index (χ2v) is 3.93. The lowest BCUT2D eigenvalue weighted by molar-refractivity contribution is -0.110. The van der Waals surface area contributed by atoms with Crippen molar-refractivity contribution < 1.29 is 14.7 Å². The van der Waals surface area contributed by atoms with Crippen LogP contribution < -0.4 is 0 Å². The van der Waals surface area contributed by atoms with Crippen LogP contribution in [0.3, 0.4) is 0 Å². The van der Waals surface area contributed by atoms with Gasteiger partial charge in [-0.2, -0.15) is 0 Å². The van der Waals surface area contributed by atoms with Crippen molar-refractivity contribution in [2.24, 2.45) is 0 Å². The van der Waals surface area contributed by atoms with E-state index in [-0.39, 0.29) is 11.3 Å². The number of hydrogen-bond acceptors (Lipinski definition) is 3. The zero-order valence-electron chi connectivity index (χ0n) is 8.81. The van der Waals surface area contributed by atoms with Gasteiger partial charge in [-0.25, -0.2) is 0 Å². The maximum absolute atomic E-state index is 11.7. The van der Waals surface area contributed by atoms with E-state index in [9.17, 15) is 14.7 Å². The molecule has 3 nitrogen and oxygen atoms in total. The predicted octanol–water partition coefficient (Wildman–Crippen LogP) is 2.32. The van der Waals surface area contributed by atoms with Gasteiger partial charge in [-0.15, -0.1) is 0 Å². The van der Waals surface area contributed by atoms with Crippen LogP contribution in [0.4, 0.5) is 0 Å². The topological polar surface area (TPSA) is 54.4 Å². The predicted molar refractivity (Wildman–Crippen MR) is 64.0 cm³/mol. The van der Waals surface area contributed by atoms with Gasteiger partial charge < -0.3 is 5.11 Å². The van der Waals surface area contributed by atoms with Crippen molar-refractivity contribution in [2.75, 3.05) is 0 Å². The highest BCUT2D eigenvalue weighted by Gasteiger charge is 2.24. The number of ketones is 2. The Kier molecular flexibility index (Phi) is 1.89. The average Bonchev–Trinajstić information content (AvgIpc) is 2.35. The number of phenols is 1. The second-order valence-electron chi connectivity index (χ2n) is 3.93. The zero-order valence-corrected chi connectivity index (χ0v) is 8.81. The SMILES string of the molecule is O=C1C=Cc2c(cc3ccccc3c2O)C1=O. The molecule has 0 bridgehead atoms. The van der Waals surface area contributed by atoms with Crippen LogP contribution in [0.2, 0.25) is 0 Å². The molecular formula is C14H8O3. The first-order valence-corrected chi connectivity index (χ1v) is 5.20. The molecule has 0 aliphatic heterocycles. The summed E-state index contributed by atoms with van der Waals surface area (Å²) in [6.07, 6.45) is 2.68. The number of aromatic hydroxyl groups is 1. The van der Waals surface area contributed by atoms with Crippen LogP contribution in [-0.4, -0.2) is 16.7 Å². The minimum Gasteiger partial charge on any atom is -0.507 e. The van der Waals surface area contributed by atoms with Crippen LogP contribution in [0.25, 0.3) is 16.8 Å². The Bertz CT molecular complexity index is 696. The van der Waals surface area contributed by atoms with Crippen molar-refractivity contribution in [3.8, 4) is 5.75 Å². The van der Waals surface area contributed by atoms with Gasteiger partial charge in [0.25, 0.3) is 0 Å². The largest absolute Gasteiger partial charge is 0.507 e. The van der Waals surface area contributed by atoms with E-state index < -0.39 is 11.6 Å². The standard InChI is InChI=1S/C14H8O3/c15-12-6-5-10-11(14(12)17)7-8-3-1-2-4-9(8)13(10)16/h1-7,16H. The highest BCUT2D eigenvalue weighted by Crippen LogP contribution is 2.34. The molecule has 0 saturated carbocycles. The third-order valence-corrected chi connectivity index (χ3v) is 2.93. The summed E-state index contributed by atoms with van der Waals surface area (Å²) < 4.78 is 0. The van der Waals surface area contributed by atoms with Crippen molar-refractivity contribution in [1.29, 1.82) is 0 Å². The summed E-state index contributed by atoms with van der Waals surface area (Å²) in [6.45, 7) is 0. The van der Waals surface area contributed by atoms with Gasteiger partial charge in [-0.1, -0.05) is 24.3 Å². The molecule has 2 aromatic carbocycles. The van der Waals surface area contributed by atoms with Crippen molar-refractivity contribution >= 4 is 28.4 Å². The lowest BCUT2D eigenvalue weighted by Crippen LogP contribution is -2.16. The van der Waals surface area contributed by atoms with Crippen LogP contribution in [0, 0.1) is 0 Å². The van der Waals surface area contributed by atoms with Crippen LogP contribution in [0.5, 0.6) is 5.75 Å². The average molecular weight is 224 g/mol. The monoisotopic (exact) mass is 224 g/mol. The summed E-state index contributed by atoms with van der Waals surface area (Å²) in [5.74, 6) is -1.06. The number of carbonyl (C=O) groups is 2. The molecule has 0 amide bonds. The number of Topliss-reactive ketones (excluding diaryl/α,β-unsaturated/α-hetero) is 1. The first-order valence-electron chi connectivity index (χ1n) is 5.20. The van der Waals surface area contributed by atoms with E-state index in [0.29, 0.717) is 10.9 Å². The number of carbonyl (C=O) groups excluding carboxylic acids is 2. The Morgan fingerprint density at radius 3 is 2.59 bits per heavy atom. The molecule has 0 unspecified atom stereocenters. The quantitative estimate of drug-likeness (QED) is 0.699. The third kappa shape index (κ3) is 1.29. The Labute approximate surface area is 97.0 Å². The smallest absolute Gasteiger partial charge is 0.233 e. The van der Waals surface area contributed by atoms with E-state index in [2.05, 4.69) is 0 Å². The van der Waals surface area contributed by atoms with E-state index in [1.165, 1.54) is 12.2 Å². The fraction of sp³-hybridized carbons (Fsp3) is 0. The van der Waals surface area contributed by atoms with Crippen LogP contribution >= 0.6 is 0 Å². The van der Waals surface area contributed by atoms with Gasteiger partial charge in [0.2, 0.25) is 11.6 Å². The van der Waals surface area contributed by atoms with E-state index in [4.69, 9.17) is 0 Å². The van der Waals surface area contributed by atoms with Crippen LogP contribution in [-0.2, 0) is 4.79 Å². The normalized spacial score (nSPS) is 14.1. The van der Waals surface area contributed by atoms with Gasteiger partial charge in [0.1, 0.15) is 5.75 Å². The highest BCUT2D eigenvalue weighted by atomic mass is 16.3. The van der Waals surface area contributed by atoms with Gasteiger partial charge in [0.15, 0.2) is 0 Å². The maximum atomic E-state index is 11.7. The first-order chi connectivity index (χ1) is 8.18. The van der Waals surface area contributed by atoms with Crippen molar-refractivity contribution in [1.82, 2.24) is 0 Å². The number of fused-ring (bicyclic) bond motifs is 2. The molecule has 0 heterocycles. The fourth-order valence-electron chi connectivity index (χ4n) is 2.07. The molecular weight excluding hydrogens is 216 g/mol. The molecule has 0 spiro atoms. The molecule has 3 rings (SSSR count). The number of phenolic OH excluding ortho intramolecular Hbond substituents is 1. The summed E-state index contributed by atoms with van der Waals surface area (Å²) >= 11 is 0. The molecule has 82 valence electrons. The molecule has 0 radical (unpaired) electrons. The van der Waals surface area contributed by atoms with Gasteiger partial charge >= 0.3 is 0 Å². The molecule has 1 aliphatic rings. The van der Waals surface area contributed by atoms with Gasteiger partial charge in [-0.3, -0.25) is 9.59 Å². The zero-order chi connectivity index (χ0) is 12.0. The second kappa shape index (κ2) is 3.28. The number of benzene rings is 2. The summed E-state index contributed by atoms with van der Waals surface area (Å²) in [7, 11) is 0. The summed E-state index contributed by atoms with van der Waals surface area (Å²) in [4.78, 5) is 23.0. The lowest BCUT2D eigenvalue weighted by atomic mass is 9.91. The Hall–Kier alpha value is -2.42. The van der Waals surface area contributed by atoms with Crippen molar-refractivity contribution in [3.05, 3.63) is 47.5 Å². The fourth-order valence-corrected chi connectivity index (χ4v) is 2.07. The highest BCUT2D eigenvalue weighted by molar-refractivity contribution is 6.50. The minimum absolute atomic E-state index is 0.0511. The molecule has 0 atom stereocenters. The van der Waals surface area contributed by atoms with Gasteiger partial charge in [0.05, 0.1) is 0 Å². The molecule has 17 heavy (non-hydrogen) atoms. The van der Waals surface area contributed by atoms with E-state index in [0.717, 1.165) is 5.39 Å². The van der Waals surface area contributed by atoms with Crippen LogP contribution in [0.15, 0.2) is 36.4 Å².